The van der Waals surface area contributed by atoms with Crippen molar-refractivity contribution in [3.8, 4) is 6.07 Å². The van der Waals surface area contributed by atoms with E-state index in [9.17, 15) is 19.2 Å². The molecule has 0 amide bonds. The first kappa shape index (κ1) is 21.7. The maximum atomic E-state index is 13.1. The summed E-state index contributed by atoms with van der Waals surface area (Å²) in [5, 5.41) is 10.5. The fourth-order valence-corrected chi connectivity index (χ4v) is 4.65. The number of nitrogens with zero attached hydrogens (tertiary/aromatic N) is 2. The molecular weight excluding hydrogens is 399 g/mol. The van der Waals surface area contributed by atoms with Crippen LogP contribution in [0.5, 0.6) is 0 Å². The molecule has 152 valence electrons. The normalized spacial score (nSPS) is 18.6. The van der Waals surface area contributed by atoms with Gasteiger partial charge in [0.25, 0.3) is 0 Å². The highest BCUT2D eigenvalue weighted by Gasteiger charge is 2.37. The molecule has 1 unspecified atom stereocenters. The van der Waals surface area contributed by atoms with Crippen molar-refractivity contribution in [1.82, 2.24) is 0 Å². The third-order valence-corrected chi connectivity index (χ3v) is 6.06. The van der Waals surface area contributed by atoms with Gasteiger partial charge in [-0.2, -0.15) is 5.26 Å². The van der Waals surface area contributed by atoms with Gasteiger partial charge in [0.2, 0.25) is 0 Å². The number of benzene rings is 2. The van der Waals surface area contributed by atoms with Crippen molar-refractivity contribution in [2.45, 2.75) is 26.7 Å². The Morgan fingerprint density at radius 3 is 2.47 bits per heavy atom. The Hall–Kier alpha value is -3.04. The first-order valence-electron chi connectivity index (χ1n) is 9.50. The Morgan fingerprint density at radius 1 is 1.17 bits per heavy atom. The number of carbonyl (C=O) groups excluding carboxylic acids is 2. The number of hydrogen-bond acceptors (Lipinski definition) is 5. The lowest BCUT2D eigenvalue weighted by atomic mass is 9.77. The Balaban J connectivity index is 1.93. The summed E-state index contributed by atoms with van der Waals surface area (Å²) in [6, 6.07) is 15.4. The quantitative estimate of drug-likeness (QED) is 0.620. The minimum atomic E-state index is -0.666. The van der Waals surface area contributed by atoms with E-state index >= 15 is 0 Å². The Bertz CT molecular complexity index is 1100. The van der Waals surface area contributed by atoms with E-state index in [-0.39, 0.29) is 17.3 Å². The molecule has 1 aliphatic heterocycles. The third-order valence-electron chi connectivity index (χ3n) is 5.02. The van der Waals surface area contributed by atoms with Crippen LogP contribution in [0.25, 0.3) is 0 Å². The van der Waals surface area contributed by atoms with Gasteiger partial charge in [-0.1, -0.05) is 29.8 Å². The molecule has 2 atom stereocenters. The molecule has 0 radical (unpaired) electrons. The van der Waals surface area contributed by atoms with Crippen LogP contribution in [0.4, 0.5) is 4.39 Å². The van der Waals surface area contributed by atoms with Crippen LogP contribution < -0.4 is 0 Å². The number of Topliss-reactive ketones (excluding diaryl/α,β-unsaturated/α-hetero) is 2. The maximum Gasteiger partial charge on any atom is 0.173 e. The number of hydrogen-bond donors (Lipinski definition) is 0. The molecule has 0 spiro atoms. The molecule has 1 heterocycles. The lowest BCUT2D eigenvalue weighted by molar-refractivity contribution is -0.114. The first-order valence-corrected chi connectivity index (χ1v) is 10.5. The molecule has 30 heavy (non-hydrogen) atoms. The molecule has 1 aliphatic rings. The number of rotatable bonds is 5. The average molecular weight is 421 g/mol. The molecule has 0 aliphatic carbocycles. The van der Waals surface area contributed by atoms with E-state index in [1.54, 1.807) is 6.92 Å². The standard InChI is InChI=1S/C24H21FN2O2S/c1-14-5-4-6-18(11-14)23-20(12-26)24(27-15(2)22(23)16(3)28)30-13-21(29)17-7-9-19(25)10-8-17/h4-11,20,23H,13H2,1-3H3/t20?,23-/m0/s1. The SMILES string of the molecule is CC(=O)C1=C(C)N=C(SCC(=O)c2ccc(F)cc2)C(C#N)[C@@H]1c1cccc(C)c1. The van der Waals surface area contributed by atoms with Crippen LogP contribution in [-0.4, -0.2) is 22.4 Å². The van der Waals surface area contributed by atoms with Crippen molar-refractivity contribution in [3.63, 3.8) is 0 Å². The molecule has 0 saturated heterocycles. The predicted octanol–water partition coefficient (Wildman–Crippen LogP) is 5.25. The lowest BCUT2D eigenvalue weighted by Crippen LogP contribution is -2.28. The van der Waals surface area contributed by atoms with E-state index in [1.165, 1.54) is 43.0 Å². The summed E-state index contributed by atoms with van der Waals surface area (Å²) in [6.07, 6.45) is 0. The molecule has 3 rings (SSSR count). The second-order valence-corrected chi connectivity index (χ2v) is 8.22. The van der Waals surface area contributed by atoms with E-state index < -0.39 is 17.7 Å². The summed E-state index contributed by atoms with van der Waals surface area (Å²) < 4.78 is 13.1. The number of carbonyl (C=O) groups is 2. The molecular formula is C24H21FN2O2S. The van der Waals surface area contributed by atoms with Crippen LogP contribution in [-0.2, 0) is 4.79 Å². The summed E-state index contributed by atoms with van der Waals surface area (Å²) in [6.45, 7) is 5.21. The van der Waals surface area contributed by atoms with Crippen LogP contribution >= 0.6 is 11.8 Å². The van der Waals surface area contributed by atoms with E-state index in [4.69, 9.17) is 0 Å². The van der Waals surface area contributed by atoms with Gasteiger partial charge < -0.3 is 0 Å². The van der Waals surface area contributed by atoms with E-state index in [1.807, 2.05) is 31.2 Å². The number of aliphatic imine (C=N–C) groups is 1. The number of aryl methyl sites for hydroxylation is 1. The van der Waals surface area contributed by atoms with Crippen LogP contribution in [0.1, 0.15) is 41.3 Å². The number of thioether (sulfide) groups is 1. The topological polar surface area (TPSA) is 70.3 Å². The van der Waals surface area contributed by atoms with Crippen LogP contribution in [0, 0.1) is 30.0 Å². The highest BCUT2D eigenvalue weighted by atomic mass is 32.2. The van der Waals surface area contributed by atoms with Gasteiger partial charge in [0.1, 0.15) is 11.7 Å². The smallest absolute Gasteiger partial charge is 0.173 e. The molecule has 0 fully saturated rings. The van der Waals surface area contributed by atoms with Crippen LogP contribution in [0.3, 0.4) is 0 Å². The predicted molar refractivity (Wildman–Crippen MR) is 117 cm³/mol. The number of ketones is 2. The number of nitriles is 1. The minimum Gasteiger partial charge on any atom is -0.295 e. The fraction of sp³-hybridized carbons (Fsp3) is 0.250. The van der Waals surface area contributed by atoms with Gasteiger partial charge in [-0.05, 0) is 50.6 Å². The maximum absolute atomic E-state index is 13.1. The van der Waals surface area contributed by atoms with Gasteiger partial charge in [0, 0.05) is 22.8 Å². The molecule has 6 heteroatoms. The van der Waals surface area contributed by atoms with Gasteiger partial charge >= 0.3 is 0 Å². The Kier molecular flexibility index (Phi) is 6.63. The first-order chi connectivity index (χ1) is 14.3. The van der Waals surface area contributed by atoms with Crippen molar-refractivity contribution in [3.05, 3.63) is 82.3 Å². The van der Waals surface area contributed by atoms with E-state index in [0.717, 1.165) is 11.1 Å². The molecule has 0 bridgehead atoms. The average Bonchev–Trinajstić information content (AvgIpc) is 2.71. The summed E-state index contributed by atoms with van der Waals surface area (Å²) in [7, 11) is 0. The van der Waals surface area contributed by atoms with Crippen molar-refractivity contribution < 1.29 is 14.0 Å². The summed E-state index contributed by atoms with van der Waals surface area (Å²) in [4.78, 5) is 29.4. The van der Waals surface area contributed by atoms with Gasteiger partial charge in [-0.3, -0.25) is 9.59 Å². The van der Waals surface area contributed by atoms with Crippen LogP contribution in [0.15, 0.2) is 64.8 Å². The summed E-state index contributed by atoms with van der Waals surface area (Å²) in [5.41, 5.74) is 3.41. The van der Waals surface area contributed by atoms with Gasteiger partial charge in [-0.25, -0.2) is 9.38 Å². The van der Waals surface area contributed by atoms with Crippen molar-refractivity contribution in [1.29, 1.82) is 5.26 Å². The Labute approximate surface area is 179 Å². The third kappa shape index (κ3) is 4.58. The minimum absolute atomic E-state index is 0.0753. The monoisotopic (exact) mass is 420 g/mol. The second-order valence-electron chi connectivity index (χ2n) is 7.22. The molecule has 2 aromatic carbocycles. The van der Waals surface area contributed by atoms with Crippen molar-refractivity contribution in [2.24, 2.45) is 10.9 Å². The van der Waals surface area contributed by atoms with Gasteiger partial charge in [0.15, 0.2) is 11.6 Å². The fourth-order valence-electron chi connectivity index (χ4n) is 3.64. The number of allylic oxidation sites excluding steroid dienone is 2. The van der Waals surface area contributed by atoms with Crippen molar-refractivity contribution >= 4 is 28.4 Å². The zero-order valence-electron chi connectivity index (χ0n) is 17.0. The zero-order chi connectivity index (χ0) is 21.8. The molecule has 4 nitrogen and oxygen atoms in total. The molecule has 2 aromatic rings. The number of halogens is 1. The van der Waals surface area contributed by atoms with Crippen molar-refractivity contribution in [2.75, 3.05) is 5.75 Å². The lowest BCUT2D eigenvalue weighted by Gasteiger charge is -2.30. The summed E-state index contributed by atoms with van der Waals surface area (Å²) >= 11 is 1.20. The van der Waals surface area contributed by atoms with Gasteiger partial charge in [0.05, 0.1) is 16.9 Å². The van der Waals surface area contributed by atoms with E-state index in [0.29, 0.717) is 21.9 Å². The highest BCUT2D eigenvalue weighted by molar-refractivity contribution is 8.14. The summed E-state index contributed by atoms with van der Waals surface area (Å²) in [5.74, 6) is -1.72. The highest BCUT2D eigenvalue weighted by Crippen LogP contribution is 2.41. The van der Waals surface area contributed by atoms with E-state index in [2.05, 4.69) is 11.1 Å². The second kappa shape index (κ2) is 9.19. The van der Waals surface area contributed by atoms with Gasteiger partial charge in [-0.15, -0.1) is 11.8 Å². The largest absolute Gasteiger partial charge is 0.295 e. The Morgan fingerprint density at radius 2 is 1.87 bits per heavy atom. The van der Waals surface area contributed by atoms with Crippen LogP contribution in [0.2, 0.25) is 0 Å². The zero-order valence-corrected chi connectivity index (χ0v) is 17.8. The molecule has 0 N–H and O–H groups in total. The molecule has 0 saturated carbocycles. The molecule has 0 aromatic heterocycles.